The minimum absolute atomic E-state index is 0. The summed E-state index contributed by atoms with van der Waals surface area (Å²) in [7, 11) is 0. The Labute approximate surface area is 210 Å². The molecule has 0 amide bonds. The molecule has 0 aromatic carbocycles. The fourth-order valence-corrected chi connectivity index (χ4v) is 3.07. The zero-order valence-corrected chi connectivity index (χ0v) is 20.2. The van der Waals surface area contributed by atoms with E-state index in [9.17, 15) is 4.79 Å². The summed E-state index contributed by atoms with van der Waals surface area (Å²) in [5.74, 6) is 0. The number of fused-ring (bicyclic) bond motifs is 3. The first-order valence-corrected chi connectivity index (χ1v) is 9.75. The largest absolute Gasteiger partial charge is 0.338 e. The van der Waals surface area contributed by atoms with Gasteiger partial charge in [-0.25, -0.2) is 15.0 Å². The van der Waals surface area contributed by atoms with E-state index in [4.69, 9.17) is 0 Å². The van der Waals surface area contributed by atoms with Crippen molar-refractivity contribution in [1.29, 1.82) is 0 Å². The Kier molecular flexibility index (Phi) is 8.42. The van der Waals surface area contributed by atoms with Crippen molar-refractivity contribution in [3.05, 3.63) is 116 Å². The molecule has 6 rings (SSSR count). The van der Waals surface area contributed by atoms with Crippen LogP contribution < -0.4 is 0 Å². The molecule has 1 radical (unpaired) electrons. The van der Waals surface area contributed by atoms with Gasteiger partial charge in [-0.05, 0) is 36.4 Å². The van der Waals surface area contributed by atoms with Gasteiger partial charge in [-0.3, -0.25) is 9.20 Å². The SMILES string of the molecule is O=Cc1cnc2ccccn12.[CH2-]Cc1cnc2ccccn12.[Y].c1ccn2ccnc2c1. The van der Waals surface area contributed by atoms with E-state index in [1.54, 1.807) is 16.8 Å². The van der Waals surface area contributed by atoms with Gasteiger partial charge in [0.1, 0.15) is 22.6 Å². The molecule has 0 unspecified atom stereocenters. The molecule has 0 aliphatic carbocycles. The first-order valence-electron chi connectivity index (χ1n) is 9.75. The van der Waals surface area contributed by atoms with Crippen molar-refractivity contribution in [2.45, 2.75) is 6.42 Å². The fraction of sp³-hybridized carbons (Fsp3) is 0.0417. The van der Waals surface area contributed by atoms with Crippen molar-refractivity contribution in [1.82, 2.24) is 28.2 Å². The van der Waals surface area contributed by atoms with Crippen LogP contribution in [0.25, 0.3) is 16.9 Å². The summed E-state index contributed by atoms with van der Waals surface area (Å²) in [6.45, 7) is 3.82. The molecule has 8 heteroatoms. The van der Waals surface area contributed by atoms with Crippen LogP contribution in [0.5, 0.6) is 0 Å². The van der Waals surface area contributed by atoms with Crippen molar-refractivity contribution in [3.63, 3.8) is 0 Å². The van der Waals surface area contributed by atoms with E-state index in [0.717, 1.165) is 35.3 Å². The van der Waals surface area contributed by atoms with Gasteiger partial charge in [0.25, 0.3) is 0 Å². The van der Waals surface area contributed by atoms with Gasteiger partial charge in [0.2, 0.25) is 0 Å². The summed E-state index contributed by atoms with van der Waals surface area (Å²) >= 11 is 0. The van der Waals surface area contributed by atoms with Crippen LogP contribution in [0, 0.1) is 6.92 Å². The number of carbonyl (C=O) groups is 1. The van der Waals surface area contributed by atoms with E-state index in [0.29, 0.717) is 5.69 Å². The average molecular weight is 498 g/mol. The number of imidazole rings is 3. The Bertz CT molecular complexity index is 1390. The number of nitrogens with zero attached hydrogens (tertiary/aromatic N) is 6. The molecular weight excluding hydrogens is 477 g/mol. The van der Waals surface area contributed by atoms with Gasteiger partial charge in [-0.15, -0.1) is 6.42 Å². The third kappa shape index (κ3) is 5.36. The van der Waals surface area contributed by atoms with Gasteiger partial charge in [0, 0.05) is 75.6 Å². The number of rotatable bonds is 2. The molecule has 0 spiro atoms. The summed E-state index contributed by atoms with van der Waals surface area (Å²) in [6, 6.07) is 17.5. The molecular formula is C24H21N6OY-. The molecule has 32 heavy (non-hydrogen) atoms. The van der Waals surface area contributed by atoms with Gasteiger partial charge in [-0.1, -0.05) is 18.2 Å². The molecule has 0 saturated heterocycles. The first-order chi connectivity index (χ1) is 15.3. The number of carbonyl (C=O) groups excluding carboxylic acids is 1. The molecule has 7 nitrogen and oxygen atoms in total. The summed E-state index contributed by atoms with van der Waals surface area (Å²) in [5, 5.41) is 0. The minimum atomic E-state index is 0. The summed E-state index contributed by atoms with van der Waals surface area (Å²) in [4.78, 5) is 22.7. The number of aromatic nitrogens is 6. The zero-order chi connectivity index (χ0) is 21.5. The van der Waals surface area contributed by atoms with Crippen LogP contribution in [0.3, 0.4) is 0 Å². The summed E-state index contributed by atoms with van der Waals surface area (Å²) < 4.78 is 5.76. The maximum atomic E-state index is 10.4. The number of aldehydes is 1. The van der Waals surface area contributed by atoms with Crippen LogP contribution in [-0.4, -0.2) is 34.4 Å². The van der Waals surface area contributed by atoms with Crippen LogP contribution in [0.2, 0.25) is 0 Å². The summed E-state index contributed by atoms with van der Waals surface area (Å²) in [6.07, 6.45) is 14.5. The molecule has 0 fully saturated rings. The Morgan fingerprint density at radius 1 is 0.750 bits per heavy atom. The minimum Gasteiger partial charge on any atom is -0.338 e. The van der Waals surface area contributed by atoms with Crippen molar-refractivity contribution in [2.24, 2.45) is 0 Å². The Hall–Kier alpha value is -3.16. The molecule has 6 aromatic rings. The maximum absolute atomic E-state index is 10.4. The number of hydrogen-bond acceptors (Lipinski definition) is 4. The predicted octanol–water partition coefficient (Wildman–Crippen LogP) is 4.19. The first kappa shape index (κ1) is 23.5. The number of hydrogen-bond donors (Lipinski definition) is 0. The van der Waals surface area contributed by atoms with Crippen LogP contribution in [0.1, 0.15) is 16.2 Å². The molecule has 0 aliphatic heterocycles. The molecule has 157 valence electrons. The molecule has 6 heterocycles. The molecule has 0 atom stereocenters. The average Bonchev–Trinajstić information content (AvgIpc) is 3.57. The van der Waals surface area contributed by atoms with Crippen LogP contribution in [0.15, 0.2) is 98.0 Å². The third-order valence-electron chi connectivity index (χ3n) is 4.62. The van der Waals surface area contributed by atoms with E-state index in [-0.39, 0.29) is 32.7 Å². The topological polar surface area (TPSA) is 69.0 Å². The Morgan fingerprint density at radius 2 is 1.38 bits per heavy atom. The van der Waals surface area contributed by atoms with Gasteiger partial charge in [0.05, 0.1) is 6.20 Å². The molecule has 0 aliphatic rings. The molecule has 0 N–H and O–H groups in total. The van der Waals surface area contributed by atoms with E-state index in [2.05, 4.69) is 21.9 Å². The maximum Gasteiger partial charge on any atom is 0.168 e. The van der Waals surface area contributed by atoms with E-state index in [1.807, 2.05) is 94.4 Å². The van der Waals surface area contributed by atoms with Crippen molar-refractivity contribution < 1.29 is 37.5 Å². The van der Waals surface area contributed by atoms with Crippen LogP contribution in [0.4, 0.5) is 0 Å². The fourth-order valence-electron chi connectivity index (χ4n) is 3.07. The monoisotopic (exact) mass is 498 g/mol. The van der Waals surface area contributed by atoms with E-state index < -0.39 is 0 Å². The second kappa shape index (κ2) is 11.5. The van der Waals surface area contributed by atoms with E-state index in [1.165, 1.54) is 0 Å². The smallest absolute Gasteiger partial charge is 0.168 e. The van der Waals surface area contributed by atoms with Crippen LogP contribution >= 0.6 is 0 Å². The van der Waals surface area contributed by atoms with Gasteiger partial charge < -0.3 is 15.7 Å². The molecule has 0 saturated carbocycles. The molecule has 0 bridgehead atoms. The van der Waals surface area contributed by atoms with Gasteiger partial charge >= 0.3 is 0 Å². The number of pyridine rings is 3. The van der Waals surface area contributed by atoms with Gasteiger partial charge in [0.15, 0.2) is 6.29 Å². The second-order valence-corrected chi connectivity index (χ2v) is 6.55. The molecule has 6 aromatic heterocycles. The normalized spacial score (nSPS) is 10.0. The van der Waals surface area contributed by atoms with Crippen molar-refractivity contribution in [3.8, 4) is 0 Å². The van der Waals surface area contributed by atoms with Crippen LogP contribution in [-0.2, 0) is 39.1 Å². The zero-order valence-electron chi connectivity index (χ0n) is 17.4. The standard InChI is InChI=1S/C9H9N2.C8H6N2O.C7H6N2.Y/c1-2-8-7-10-9-5-3-4-6-11(8)9;11-6-7-5-9-8-3-1-2-4-10(7)8;1-2-5-9-6-4-8-7(9)3-1;/h3-7H,1-2H2;1-6H;1-6H;/q-1;;;. The third-order valence-corrected chi connectivity index (χ3v) is 4.62. The second-order valence-electron chi connectivity index (χ2n) is 6.55. The summed E-state index contributed by atoms with van der Waals surface area (Å²) in [5.41, 5.74) is 4.53. The van der Waals surface area contributed by atoms with Gasteiger partial charge in [-0.2, -0.15) is 0 Å². The quantitative estimate of drug-likeness (QED) is 0.265. The Morgan fingerprint density at radius 3 is 2.06 bits per heavy atom. The Balaban J connectivity index is 0.000000134. The van der Waals surface area contributed by atoms with Crippen molar-refractivity contribution in [2.75, 3.05) is 0 Å². The van der Waals surface area contributed by atoms with E-state index >= 15 is 0 Å². The predicted molar refractivity (Wildman–Crippen MR) is 120 cm³/mol. The van der Waals surface area contributed by atoms with Crippen molar-refractivity contribution >= 4 is 23.2 Å².